The summed E-state index contributed by atoms with van der Waals surface area (Å²) in [5.41, 5.74) is 1.11. The molecular weight excluding hydrogens is 346 g/mol. The zero-order chi connectivity index (χ0) is 18.2. The van der Waals surface area contributed by atoms with E-state index in [9.17, 15) is 5.11 Å². The fraction of sp³-hybridized carbons (Fsp3) is 0.333. The van der Waals surface area contributed by atoms with Gasteiger partial charge in [-0.25, -0.2) is 0 Å². The Labute approximate surface area is 158 Å². The molecule has 1 unspecified atom stereocenters. The van der Waals surface area contributed by atoms with E-state index in [2.05, 4.69) is 24.0 Å². The summed E-state index contributed by atoms with van der Waals surface area (Å²) >= 11 is 1.79. The van der Waals surface area contributed by atoms with E-state index < -0.39 is 6.10 Å². The number of hydrogen-bond donors (Lipinski definition) is 1. The molecule has 0 fully saturated rings. The van der Waals surface area contributed by atoms with Gasteiger partial charge in [0.1, 0.15) is 5.76 Å². The second kappa shape index (κ2) is 9.69. The average Bonchev–Trinajstić information content (AvgIpc) is 3.27. The minimum atomic E-state index is -0.547. The Morgan fingerprint density at radius 2 is 1.92 bits per heavy atom. The zero-order valence-corrected chi connectivity index (χ0v) is 15.8. The first-order valence-electron chi connectivity index (χ1n) is 8.79. The molecule has 2 aromatic heterocycles. The first-order valence-corrected chi connectivity index (χ1v) is 9.60. The lowest BCUT2D eigenvalue weighted by molar-refractivity contribution is 0.00630. The number of thiophene rings is 1. The molecule has 0 bridgehead atoms. The molecule has 0 saturated heterocycles. The fourth-order valence-electron chi connectivity index (χ4n) is 2.84. The molecule has 0 aliphatic carbocycles. The van der Waals surface area contributed by atoms with Gasteiger partial charge in [0.25, 0.3) is 0 Å². The summed E-state index contributed by atoms with van der Waals surface area (Å²) in [6.45, 7) is 4.92. The number of furan rings is 1. The largest absolute Gasteiger partial charge is 0.468 e. The van der Waals surface area contributed by atoms with Crippen molar-refractivity contribution in [2.75, 3.05) is 13.2 Å². The van der Waals surface area contributed by atoms with Crippen LogP contribution in [0, 0.1) is 6.92 Å². The third kappa shape index (κ3) is 6.11. The lowest BCUT2D eigenvalue weighted by atomic mass is 10.2. The zero-order valence-electron chi connectivity index (χ0n) is 15.0. The highest BCUT2D eigenvalue weighted by Crippen LogP contribution is 2.19. The lowest BCUT2D eigenvalue weighted by Crippen LogP contribution is -2.34. The maximum atomic E-state index is 10.4. The van der Waals surface area contributed by atoms with Gasteiger partial charge in [0.15, 0.2) is 0 Å². The summed E-state index contributed by atoms with van der Waals surface area (Å²) in [6.07, 6.45) is 1.14. The van der Waals surface area contributed by atoms with Crippen LogP contribution < -0.4 is 0 Å². The van der Waals surface area contributed by atoms with Gasteiger partial charge in [0.05, 0.1) is 32.1 Å². The SMILES string of the molecule is Cc1ccc(CN(Cc2ccco2)CC(O)COCc2ccccc2)s1. The van der Waals surface area contributed by atoms with Crippen molar-refractivity contribution >= 4 is 11.3 Å². The van der Waals surface area contributed by atoms with Crippen LogP contribution in [0.3, 0.4) is 0 Å². The Morgan fingerprint density at radius 3 is 2.62 bits per heavy atom. The Morgan fingerprint density at radius 1 is 1.08 bits per heavy atom. The normalized spacial score (nSPS) is 12.6. The number of benzene rings is 1. The fourth-order valence-corrected chi connectivity index (χ4v) is 3.77. The van der Waals surface area contributed by atoms with E-state index in [1.54, 1.807) is 17.6 Å². The van der Waals surface area contributed by atoms with Gasteiger partial charge in [-0.2, -0.15) is 0 Å². The summed E-state index contributed by atoms with van der Waals surface area (Å²) in [7, 11) is 0. The summed E-state index contributed by atoms with van der Waals surface area (Å²) in [5, 5.41) is 10.4. The molecule has 5 heteroatoms. The molecule has 0 saturated carbocycles. The maximum absolute atomic E-state index is 10.4. The van der Waals surface area contributed by atoms with Crippen molar-refractivity contribution in [3.05, 3.63) is 81.9 Å². The Balaban J connectivity index is 1.51. The first kappa shape index (κ1) is 18.9. The number of rotatable bonds is 10. The van der Waals surface area contributed by atoms with Gasteiger partial charge >= 0.3 is 0 Å². The number of aliphatic hydroxyl groups is 1. The molecule has 0 aliphatic heterocycles. The third-order valence-electron chi connectivity index (χ3n) is 4.03. The first-order chi connectivity index (χ1) is 12.7. The number of aliphatic hydroxyl groups excluding tert-OH is 1. The Hall–Kier alpha value is -1.92. The predicted molar refractivity (Wildman–Crippen MR) is 104 cm³/mol. The van der Waals surface area contributed by atoms with Gasteiger partial charge in [-0.15, -0.1) is 11.3 Å². The van der Waals surface area contributed by atoms with Crippen LogP contribution in [0.1, 0.15) is 21.1 Å². The van der Waals surface area contributed by atoms with E-state index in [1.807, 2.05) is 42.5 Å². The summed E-state index contributed by atoms with van der Waals surface area (Å²) in [6, 6.07) is 18.1. The topological polar surface area (TPSA) is 45.8 Å². The molecular formula is C21H25NO3S. The van der Waals surface area contributed by atoms with E-state index in [1.165, 1.54) is 9.75 Å². The van der Waals surface area contributed by atoms with Gasteiger partial charge in [-0.3, -0.25) is 4.90 Å². The summed E-state index contributed by atoms with van der Waals surface area (Å²) in [4.78, 5) is 4.77. The van der Waals surface area contributed by atoms with Crippen LogP contribution in [-0.2, 0) is 24.4 Å². The van der Waals surface area contributed by atoms with E-state index in [4.69, 9.17) is 9.15 Å². The highest BCUT2D eigenvalue weighted by Gasteiger charge is 2.15. The maximum Gasteiger partial charge on any atom is 0.117 e. The molecule has 4 nitrogen and oxygen atoms in total. The second-order valence-corrected chi connectivity index (χ2v) is 7.79. The molecule has 0 aliphatic rings. The van der Waals surface area contributed by atoms with Gasteiger partial charge in [-0.1, -0.05) is 30.3 Å². The highest BCUT2D eigenvalue weighted by atomic mass is 32.1. The predicted octanol–water partition coefficient (Wildman–Crippen LogP) is 4.23. The molecule has 2 heterocycles. The molecule has 0 radical (unpaired) electrons. The second-order valence-electron chi connectivity index (χ2n) is 6.42. The molecule has 26 heavy (non-hydrogen) atoms. The van der Waals surface area contributed by atoms with Crippen LogP contribution in [0.4, 0.5) is 0 Å². The van der Waals surface area contributed by atoms with Crippen LogP contribution in [-0.4, -0.2) is 29.3 Å². The molecule has 1 atom stereocenters. The van der Waals surface area contributed by atoms with Crippen LogP contribution >= 0.6 is 11.3 Å². The van der Waals surface area contributed by atoms with Crippen LogP contribution in [0.5, 0.6) is 0 Å². The molecule has 0 spiro atoms. The van der Waals surface area contributed by atoms with Crippen molar-refractivity contribution in [3.63, 3.8) is 0 Å². The van der Waals surface area contributed by atoms with Crippen molar-refractivity contribution in [1.82, 2.24) is 4.90 Å². The molecule has 3 rings (SSSR count). The van der Waals surface area contributed by atoms with E-state index >= 15 is 0 Å². The average molecular weight is 372 g/mol. The molecule has 3 aromatic rings. The Bertz CT molecular complexity index is 755. The van der Waals surface area contributed by atoms with Gasteiger partial charge < -0.3 is 14.3 Å². The minimum absolute atomic E-state index is 0.313. The molecule has 1 N–H and O–H groups in total. The number of aryl methyl sites for hydroxylation is 1. The van der Waals surface area contributed by atoms with Gasteiger partial charge in [0.2, 0.25) is 0 Å². The molecule has 1 aromatic carbocycles. The smallest absolute Gasteiger partial charge is 0.117 e. The van der Waals surface area contributed by atoms with Gasteiger partial charge in [0, 0.05) is 22.8 Å². The molecule has 138 valence electrons. The van der Waals surface area contributed by atoms with Crippen molar-refractivity contribution in [2.24, 2.45) is 0 Å². The summed E-state index contributed by atoms with van der Waals surface area (Å²) in [5.74, 6) is 0.899. The third-order valence-corrected chi connectivity index (χ3v) is 5.01. The number of nitrogens with zero attached hydrogens (tertiary/aromatic N) is 1. The number of hydrogen-bond acceptors (Lipinski definition) is 5. The van der Waals surface area contributed by atoms with E-state index in [-0.39, 0.29) is 0 Å². The Kier molecular flexibility index (Phi) is 7.03. The van der Waals surface area contributed by atoms with Crippen molar-refractivity contribution < 1.29 is 14.3 Å². The van der Waals surface area contributed by atoms with E-state index in [0.717, 1.165) is 17.9 Å². The minimum Gasteiger partial charge on any atom is -0.468 e. The standard InChI is InChI=1S/C21H25NO3S/c1-17-9-10-21(26-17)14-22(13-20-8-5-11-25-20)12-19(23)16-24-15-18-6-3-2-4-7-18/h2-11,19,23H,12-16H2,1H3. The molecule has 0 amide bonds. The van der Waals surface area contributed by atoms with E-state index in [0.29, 0.717) is 26.3 Å². The van der Waals surface area contributed by atoms with Gasteiger partial charge in [-0.05, 0) is 36.8 Å². The van der Waals surface area contributed by atoms with Crippen LogP contribution in [0.2, 0.25) is 0 Å². The number of ether oxygens (including phenoxy) is 1. The van der Waals surface area contributed by atoms with Crippen LogP contribution in [0.15, 0.2) is 65.3 Å². The highest BCUT2D eigenvalue weighted by molar-refractivity contribution is 7.11. The lowest BCUT2D eigenvalue weighted by Gasteiger charge is -2.23. The summed E-state index contributed by atoms with van der Waals surface area (Å²) < 4.78 is 11.2. The van der Waals surface area contributed by atoms with Crippen LogP contribution in [0.25, 0.3) is 0 Å². The quantitative estimate of drug-likeness (QED) is 0.579. The van der Waals surface area contributed by atoms with Crippen molar-refractivity contribution in [1.29, 1.82) is 0 Å². The monoisotopic (exact) mass is 371 g/mol. The van der Waals surface area contributed by atoms with Crippen molar-refractivity contribution in [3.8, 4) is 0 Å². The van der Waals surface area contributed by atoms with Crippen molar-refractivity contribution in [2.45, 2.75) is 32.7 Å².